The predicted octanol–water partition coefficient (Wildman–Crippen LogP) is 2.16. The highest BCUT2D eigenvalue weighted by Gasteiger charge is 2.31. The highest BCUT2D eigenvalue weighted by molar-refractivity contribution is 7.17. The minimum Gasteiger partial charge on any atom is -0.492 e. The molecule has 4 rings (SSSR count). The van der Waals surface area contributed by atoms with Crippen molar-refractivity contribution in [2.24, 2.45) is 0 Å². The van der Waals surface area contributed by atoms with Crippen molar-refractivity contribution in [2.45, 2.75) is 13.0 Å². The third-order valence-electron chi connectivity index (χ3n) is 4.91. The van der Waals surface area contributed by atoms with Crippen LogP contribution in [0.3, 0.4) is 0 Å². The van der Waals surface area contributed by atoms with Crippen LogP contribution < -0.4 is 0 Å². The highest BCUT2D eigenvalue weighted by Crippen LogP contribution is 2.40. The van der Waals surface area contributed by atoms with Gasteiger partial charge in [0.05, 0.1) is 17.5 Å². The number of aromatic nitrogens is 3. The normalized spacial score (nSPS) is 17.6. The maximum Gasteiger partial charge on any atom is 0.230 e. The van der Waals surface area contributed by atoms with E-state index in [9.17, 15) is 10.2 Å². The van der Waals surface area contributed by atoms with Crippen molar-refractivity contribution in [3.05, 3.63) is 45.6 Å². The lowest BCUT2D eigenvalue weighted by Crippen LogP contribution is -2.48. The first kappa shape index (κ1) is 18.6. The van der Waals surface area contributed by atoms with E-state index in [1.54, 1.807) is 0 Å². The monoisotopic (exact) mass is 407 g/mol. The number of aryl methyl sites for hydroxylation is 1. The second-order valence-electron chi connectivity index (χ2n) is 6.70. The number of nitrogens with zero attached hydrogens (tertiary/aromatic N) is 5. The number of β-amino-alcohol motifs (C(OH)–C–C–N with tert-alkyl or cyclic N) is 1. The Morgan fingerprint density at radius 3 is 2.70 bits per heavy atom. The van der Waals surface area contributed by atoms with Gasteiger partial charge in [-0.1, -0.05) is 35.1 Å². The molecule has 0 radical (unpaired) electrons. The third kappa shape index (κ3) is 3.68. The Morgan fingerprint density at radius 1 is 1.26 bits per heavy atom. The van der Waals surface area contributed by atoms with Crippen molar-refractivity contribution in [1.29, 1.82) is 0 Å². The van der Waals surface area contributed by atoms with E-state index in [1.165, 1.54) is 15.9 Å². The fraction of sp³-hybridized carbons (Fsp3) is 0.444. The predicted molar refractivity (Wildman–Crippen MR) is 106 cm³/mol. The molecule has 0 bridgehead atoms. The molecule has 9 heteroatoms. The van der Waals surface area contributed by atoms with Crippen LogP contribution >= 0.6 is 22.9 Å². The molecule has 3 aromatic rings. The van der Waals surface area contributed by atoms with E-state index in [2.05, 4.69) is 19.9 Å². The van der Waals surface area contributed by atoms with Gasteiger partial charge in [0.15, 0.2) is 0 Å². The summed E-state index contributed by atoms with van der Waals surface area (Å²) in [5.74, 6) is 0.776. The molecule has 0 amide bonds. The number of aliphatic hydroxyl groups is 1. The number of aromatic hydroxyl groups is 1. The molecule has 1 saturated heterocycles. The van der Waals surface area contributed by atoms with E-state index in [4.69, 9.17) is 11.6 Å². The van der Waals surface area contributed by atoms with Gasteiger partial charge in [-0.15, -0.1) is 5.10 Å². The van der Waals surface area contributed by atoms with Gasteiger partial charge in [0.25, 0.3) is 0 Å². The third-order valence-corrected chi connectivity index (χ3v) is 6.21. The number of rotatable bonds is 5. The summed E-state index contributed by atoms with van der Waals surface area (Å²) in [7, 11) is 0. The first-order chi connectivity index (χ1) is 13.1. The maximum absolute atomic E-state index is 10.8. The van der Waals surface area contributed by atoms with Gasteiger partial charge in [-0.25, -0.2) is 4.98 Å². The molecule has 1 aromatic carbocycles. The number of aliphatic hydroxyl groups excluding tert-OH is 1. The lowest BCUT2D eigenvalue weighted by molar-refractivity contribution is 0.0945. The van der Waals surface area contributed by atoms with Crippen molar-refractivity contribution < 1.29 is 10.2 Å². The molecule has 0 saturated carbocycles. The van der Waals surface area contributed by atoms with E-state index in [0.29, 0.717) is 22.4 Å². The maximum atomic E-state index is 10.8. The number of hydrogen-bond acceptors (Lipinski definition) is 7. The average Bonchev–Trinajstić information content (AvgIpc) is 3.15. The summed E-state index contributed by atoms with van der Waals surface area (Å²) in [6.07, 6.45) is 0. The van der Waals surface area contributed by atoms with Gasteiger partial charge in [-0.2, -0.15) is 4.52 Å². The van der Waals surface area contributed by atoms with E-state index >= 15 is 0 Å². The molecule has 27 heavy (non-hydrogen) atoms. The SMILES string of the molecule is Cc1nc2sc(C(c3cccc(Cl)c3)N3CCN(CCO)CC3)c(O)n2n1. The summed E-state index contributed by atoms with van der Waals surface area (Å²) in [5, 5.41) is 25.0. The second-order valence-corrected chi connectivity index (χ2v) is 8.15. The Labute approximate surface area is 166 Å². The summed E-state index contributed by atoms with van der Waals surface area (Å²) < 4.78 is 1.51. The Kier molecular flexibility index (Phi) is 5.34. The zero-order valence-electron chi connectivity index (χ0n) is 15.0. The molecular weight excluding hydrogens is 386 g/mol. The van der Waals surface area contributed by atoms with Crippen LogP contribution in [0.4, 0.5) is 0 Å². The molecule has 2 aromatic heterocycles. The van der Waals surface area contributed by atoms with Crippen LogP contribution in [0.15, 0.2) is 24.3 Å². The molecule has 0 aliphatic carbocycles. The molecule has 7 nitrogen and oxygen atoms in total. The zero-order valence-corrected chi connectivity index (χ0v) is 16.6. The van der Waals surface area contributed by atoms with Gasteiger partial charge in [0.2, 0.25) is 10.8 Å². The first-order valence-electron chi connectivity index (χ1n) is 8.94. The standard InChI is InChI=1S/C18H22ClN5O2S/c1-12-20-18-24(21-12)17(26)16(27-18)15(13-3-2-4-14(19)11-13)23-7-5-22(6-8-23)9-10-25/h2-4,11,15,25-26H,5-10H2,1H3. The quantitative estimate of drug-likeness (QED) is 0.675. The molecule has 0 spiro atoms. The van der Waals surface area contributed by atoms with E-state index in [0.717, 1.165) is 36.6 Å². The van der Waals surface area contributed by atoms with Gasteiger partial charge in [0, 0.05) is 37.7 Å². The van der Waals surface area contributed by atoms with Crippen molar-refractivity contribution in [1.82, 2.24) is 24.4 Å². The fourth-order valence-electron chi connectivity index (χ4n) is 3.62. The number of halogens is 1. The van der Waals surface area contributed by atoms with Crippen molar-refractivity contribution in [2.75, 3.05) is 39.3 Å². The summed E-state index contributed by atoms with van der Waals surface area (Å²) in [6, 6.07) is 7.66. The van der Waals surface area contributed by atoms with Crippen LogP contribution in [0.1, 0.15) is 22.3 Å². The highest BCUT2D eigenvalue weighted by atomic mass is 35.5. The second kappa shape index (κ2) is 7.73. The topological polar surface area (TPSA) is 77.1 Å². The lowest BCUT2D eigenvalue weighted by Gasteiger charge is -2.39. The number of thiazole rings is 1. The van der Waals surface area contributed by atoms with E-state index in [1.807, 2.05) is 31.2 Å². The van der Waals surface area contributed by atoms with Crippen LogP contribution in [-0.4, -0.2) is 73.9 Å². The Balaban J connectivity index is 1.72. The van der Waals surface area contributed by atoms with Crippen molar-refractivity contribution in [3.8, 4) is 5.88 Å². The molecule has 1 aliphatic rings. The first-order valence-corrected chi connectivity index (χ1v) is 10.1. The number of piperazine rings is 1. The molecular formula is C18H22ClN5O2S. The fourth-order valence-corrected chi connectivity index (χ4v) is 4.98. The van der Waals surface area contributed by atoms with Crippen LogP contribution in [-0.2, 0) is 0 Å². The molecule has 1 atom stereocenters. The minimum atomic E-state index is -0.117. The van der Waals surface area contributed by atoms with Crippen LogP contribution in [0.5, 0.6) is 5.88 Å². The summed E-state index contributed by atoms with van der Waals surface area (Å²) in [6.45, 7) is 6.10. The van der Waals surface area contributed by atoms with Gasteiger partial charge in [-0.3, -0.25) is 9.80 Å². The van der Waals surface area contributed by atoms with Crippen molar-refractivity contribution in [3.63, 3.8) is 0 Å². The lowest BCUT2D eigenvalue weighted by atomic mass is 10.0. The van der Waals surface area contributed by atoms with E-state index in [-0.39, 0.29) is 18.5 Å². The van der Waals surface area contributed by atoms with Gasteiger partial charge in [-0.05, 0) is 24.6 Å². The molecule has 1 unspecified atom stereocenters. The van der Waals surface area contributed by atoms with Crippen LogP contribution in [0, 0.1) is 6.92 Å². The molecule has 1 fully saturated rings. The molecule has 3 heterocycles. The van der Waals surface area contributed by atoms with Crippen molar-refractivity contribution >= 4 is 27.9 Å². The number of benzene rings is 1. The smallest absolute Gasteiger partial charge is 0.230 e. The Bertz CT molecular complexity index is 935. The van der Waals surface area contributed by atoms with Gasteiger partial charge in [0.1, 0.15) is 5.82 Å². The summed E-state index contributed by atoms with van der Waals surface area (Å²) >= 11 is 7.71. The van der Waals surface area contributed by atoms with Gasteiger partial charge >= 0.3 is 0 Å². The summed E-state index contributed by atoms with van der Waals surface area (Å²) in [4.78, 5) is 10.5. The Hall–Kier alpha value is -1.71. The largest absolute Gasteiger partial charge is 0.492 e. The molecule has 144 valence electrons. The summed E-state index contributed by atoms with van der Waals surface area (Å²) in [5.41, 5.74) is 1.04. The average molecular weight is 408 g/mol. The number of fused-ring (bicyclic) bond motifs is 1. The van der Waals surface area contributed by atoms with Crippen LogP contribution in [0.25, 0.3) is 4.96 Å². The van der Waals surface area contributed by atoms with Crippen LogP contribution in [0.2, 0.25) is 5.02 Å². The minimum absolute atomic E-state index is 0.117. The van der Waals surface area contributed by atoms with E-state index < -0.39 is 0 Å². The molecule has 2 N–H and O–H groups in total. The Morgan fingerprint density at radius 2 is 2.04 bits per heavy atom. The van der Waals surface area contributed by atoms with Gasteiger partial charge < -0.3 is 10.2 Å². The number of hydrogen-bond donors (Lipinski definition) is 2. The molecule has 1 aliphatic heterocycles. The zero-order chi connectivity index (χ0) is 19.0.